The average molecular weight is 548 g/mol. The summed E-state index contributed by atoms with van der Waals surface area (Å²) in [6.45, 7) is 6.31. The molecule has 0 heterocycles. The summed E-state index contributed by atoms with van der Waals surface area (Å²) in [4.78, 5) is 17.5. The van der Waals surface area contributed by atoms with Crippen molar-refractivity contribution >= 4 is 5.91 Å². The average Bonchev–Trinajstić information content (AvgIpc) is 2.87. The van der Waals surface area contributed by atoms with Gasteiger partial charge in [0.1, 0.15) is 11.6 Å². The molecule has 5 N–H and O–H groups in total. The van der Waals surface area contributed by atoms with E-state index in [1.807, 2.05) is 0 Å². The topological polar surface area (TPSA) is 103 Å². The van der Waals surface area contributed by atoms with Crippen LogP contribution in [0.2, 0.25) is 0 Å². The van der Waals surface area contributed by atoms with Crippen LogP contribution < -0.4 is 16.1 Å². The fourth-order valence-corrected chi connectivity index (χ4v) is 5.33. The third-order valence-corrected chi connectivity index (χ3v) is 7.58. The molecule has 1 aliphatic carbocycles. The molecule has 1 fully saturated rings. The fraction of sp³-hybridized carbons (Fsp3) is 0.567. The Hall–Kier alpha value is -2.43. The maximum Gasteiger partial charge on any atom is 0.222 e. The third-order valence-electron chi connectivity index (χ3n) is 7.58. The Bertz CT molecular complexity index is 1060. The Balaban J connectivity index is 1.85. The van der Waals surface area contributed by atoms with Gasteiger partial charge in [-0.2, -0.15) is 5.48 Å². The van der Waals surface area contributed by atoms with Gasteiger partial charge in [-0.25, -0.2) is 8.78 Å². The fourth-order valence-electron chi connectivity index (χ4n) is 5.33. The van der Waals surface area contributed by atoms with Gasteiger partial charge in [-0.3, -0.25) is 4.79 Å². The first kappa shape index (κ1) is 31.1. The summed E-state index contributed by atoms with van der Waals surface area (Å²) in [5.41, 5.74) is 5.26. The number of hydroxylamine groups is 1. The zero-order chi connectivity index (χ0) is 28.6. The third kappa shape index (κ3) is 8.78. The number of hydrogen-bond donors (Lipinski definition) is 5. The van der Waals surface area contributed by atoms with Gasteiger partial charge in [0.2, 0.25) is 5.91 Å². The van der Waals surface area contributed by atoms with Gasteiger partial charge < -0.3 is 25.7 Å². The van der Waals surface area contributed by atoms with E-state index in [2.05, 4.69) is 61.2 Å². The van der Waals surface area contributed by atoms with Crippen molar-refractivity contribution in [3.8, 4) is 0 Å². The van der Waals surface area contributed by atoms with Gasteiger partial charge in [-0.1, -0.05) is 45.0 Å². The molecule has 2 atom stereocenters. The van der Waals surface area contributed by atoms with E-state index in [9.17, 15) is 23.8 Å². The number of hydrogen-bond acceptors (Lipinski definition) is 6. The predicted molar refractivity (Wildman–Crippen MR) is 147 cm³/mol. The molecule has 0 aromatic heterocycles. The van der Waals surface area contributed by atoms with Gasteiger partial charge in [0.25, 0.3) is 0 Å². The summed E-state index contributed by atoms with van der Waals surface area (Å²) in [5.74, 6) is -1.90. The lowest BCUT2D eigenvalue weighted by molar-refractivity contribution is -0.123. The first-order chi connectivity index (χ1) is 18.5. The number of aliphatic hydroxyl groups excluding tert-OH is 2. The number of amides is 1. The summed E-state index contributed by atoms with van der Waals surface area (Å²) in [6.07, 6.45) is 2.14. The smallest absolute Gasteiger partial charge is 0.222 e. The zero-order valence-electron chi connectivity index (χ0n) is 23.4. The monoisotopic (exact) mass is 547 g/mol. The zero-order valence-corrected chi connectivity index (χ0v) is 23.4. The van der Waals surface area contributed by atoms with Gasteiger partial charge in [0, 0.05) is 30.6 Å². The summed E-state index contributed by atoms with van der Waals surface area (Å²) in [7, 11) is 1.61. The molecule has 1 aliphatic rings. The van der Waals surface area contributed by atoms with Crippen molar-refractivity contribution in [1.29, 1.82) is 0 Å². The minimum Gasteiger partial charge on any atom is -0.396 e. The first-order valence-electron chi connectivity index (χ1n) is 13.6. The summed E-state index contributed by atoms with van der Waals surface area (Å²) < 4.78 is 27.7. The maximum atomic E-state index is 13.8. The number of rotatable bonds is 12. The van der Waals surface area contributed by atoms with Crippen LogP contribution in [0.3, 0.4) is 0 Å². The molecule has 216 valence electrons. The number of aliphatic hydroxyl groups is 2. The number of nitrogens with one attached hydrogen (secondary N) is 3. The van der Waals surface area contributed by atoms with E-state index in [4.69, 9.17) is 4.84 Å². The lowest BCUT2D eigenvalue weighted by Gasteiger charge is -2.43. The summed E-state index contributed by atoms with van der Waals surface area (Å²) in [6, 6.07) is 11.1. The predicted octanol–water partition coefficient (Wildman–Crippen LogP) is 3.61. The van der Waals surface area contributed by atoms with Crippen LogP contribution in [0.5, 0.6) is 0 Å². The molecule has 1 amide bonds. The molecule has 0 bridgehead atoms. The number of carbonyl (C=O) groups is 1. The van der Waals surface area contributed by atoms with E-state index in [0.29, 0.717) is 5.56 Å². The van der Waals surface area contributed by atoms with Crippen LogP contribution in [0.4, 0.5) is 8.78 Å². The highest BCUT2D eigenvalue weighted by Crippen LogP contribution is 2.39. The molecule has 0 saturated heterocycles. The van der Waals surface area contributed by atoms with E-state index in [1.54, 1.807) is 7.11 Å². The van der Waals surface area contributed by atoms with Gasteiger partial charge in [0.05, 0.1) is 25.9 Å². The lowest BCUT2D eigenvalue weighted by Crippen LogP contribution is -2.54. The molecule has 0 aliphatic heterocycles. The highest BCUT2D eigenvalue weighted by molar-refractivity contribution is 5.76. The van der Waals surface area contributed by atoms with Crippen molar-refractivity contribution in [3.05, 3.63) is 70.8 Å². The molecule has 2 aromatic carbocycles. The van der Waals surface area contributed by atoms with E-state index in [-0.39, 0.29) is 37.5 Å². The Morgan fingerprint density at radius 2 is 1.79 bits per heavy atom. The molecule has 7 nitrogen and oxygen atoms in total. The second kappa shape index (κ2) is 13.8. The van der Waals surface area contributed by atoms with Gasteiger partial charge in [0.15, 0.2) is 0 Å². The second-order valence-corrected chi connectivity index (χ2v) is 11.6. The van der Waals surface area contributed by atoms with Crippen molar-refractivity contribution in [3.63, 3.8) is 0 Å². The molecule has 2 aromatic rings. The SMILES string of the molecule is CONC1CCC(NC[C@H](O)[C@H](Cc2cc(F)cc(F)c2)NC(=O)CCO)(c2cccc(C(C)(C)C)c2)CC1. The van der Waals surface area contributed by atoms with Crippen LogP contribution in [-0.2, 0) is 27.0 Å². The van der Waals surface area contributed by atoms with Crippen LogP contribution in [0.1, 0.15) is 69.6 Å². The van der Waals surface area contributed by atoms with Crippen LogP contribution in [0.25, 0.3) is 0 Å². The van der Waals surface area contributed by atoms with E-state index in [0.717, 1.165) is 37.3 Å². The Morgan fingerprint density at radius 3 is 2.38 bits per heavy atom. The summed E-state index contributed by atoms with van der Waals surface area (Å²) >= 11 is 0. The van der Waals surface area contributed by atoms with E-state index in [1.165, 1.54) is 17.7 Å². The Labute approximate surface area is 230 Å². The molecule has 1 saturated carbocycles. The largest absolute Gasteiger partial charge is 0.396 e. The Kier molecular flexibility index (Phi) is 11.0. The molecule has 3 rings (SSSR count). The maximum absolute atomic E-state index is 13.8. The second-order valence-electron chi connectivity index (χ2n) is 11.6. The lowest BCUT2D eigenvalue weighted by atomic mass is 9.73. The van der Waals surface area contributed by atoms with Crippen LogP contribution in [0.15, 0.2) is 42.5 Å². The van der Waals surface area contributed by atoms with E-state index >= 15 is 0 Å². The van der Waals surface area contributed by atoms with Crippen LogP contribution in [0, 0.1) is 11.6 Å². The molecule has 39 heavy (non-hydrogen) atoms. The number of benzene rings is 2. The minimum absolute atomic E-state index is 0.0288. The van der Waals surface area contributed by atoms with Gasteiger partial charge in [-0.05, 0) is 66.3 Å². The highest BCUT2D eigenvalue weighted by atomic mass is 19.1. The van der Waals surface area contributed by atoms with Crippen molar-refractivity contribution in [2.75, 3.05) is 20.3 Å². The molecular formula is C30H43F2N3O4. The number of halogens is 2. The molecule has 0 radical (unpaired) electrons. The standard InChI is InChI=1S/C30H43F2N3O4/c1-29(2,3)21-6-5-7-22(17-21)30(11-8-25(9-12-30)35-39-4)33-19-27(37)26(34-28(38)10-13-36)16-20-14-23(31)18-24(32)15-20/h5-7,14-15,17-18,25-27,33,35-37H,8-13,16,19H2,1-4H3,(H,34,38)/t25?,26-,27-,30?/m0/s1. The molecule has 0 spiro atoms. The number of carbonyl (C=O) groups excluding carboxylic acids is 1. The molecule has 0 unspecified atom stereocenters. The Morgan fingerprint density at radius 1 is 1.13 bits per heavy atom. The van der Waals surface area contributed by atoms with Gasteiger partial charge in [-0.15, -0.1) is 0 Å². The highest BCUT2D eigenvalue weighted by Gasteiger charge is 2.38. The van der Waals surface area contributed by atoms with Crippen LogP contribution >= 0.6 is 0 Å². The summed E-state index contributed by atoms with van der Waals surface area (Å²) in [5, 5.41) is 26.8. The first-order valence-corrected chi connectivity index (χ1v) is 13.6. The van der Waals surface area contributed by atoms with E-state index < -0.39 is 35.2 Å². The quantitative estimate of drug-likeness (QED) is 0.260. The van der Waals surface area contributed by atoms with Gasteiger partial charge >= 0.3 is 0 Å². The van der Waals surface area contributed by atoms with Crippen molar-refractivity contribution in [2.24, 2.45) is 0 Å². The minimum atomic E-state index is -1.06. The molecular weight excluding hydrogens is 504 g/mol. The van der Waals surface area contributed by atoms with Crippen molar-refractivity contribution < 1.29 is 28.6 Å². The van der Waals surface area contributed by atoms with Crippen molar-refractivity contribution in [1.82, 2.24) is 16.1 Å². The molecule has 9 heteroatoms. The van der Waals surface area contributed by atoms with Crippen LogP contribution in [-0.4, -0.2) is 54.6 Å². The normalized spacial score (nSPS) is 21.4. The van der Waals surface area contributed by atoms with Crippen molar-refractivity contribution in [2.45, 2.75) is 88.4 Å².